The number of ketones is 1. The number of rotatable bonds is 8. The number of aromatic nitrogens is 1. The first-order valence-electron chi connectivity index (χ1n) is 8.08. The zero-order valence-corrected chi connectivity index (χ0v) is 16.8. The smallest absolute Gasteiger partial charge is 0.244 e. The van der Waals surface area contributed by atoms with Crippen LogP contribution >= 0.6 is 11.8 Å². The van der Waals surface area contributed by atoms with Gasteiger partial charge < -0.3 is 4.74 Å². The quantitative estimate of drug-likeness (QED) is 0.506. The van der Waals surface area contributed by atoms with E-state index in [4.69, 9.17) is 4.74 Å². The number of benzene rings is 1. The van der Waals surface area contributed by atoms with Crippen LogP contribution in [0, 0.1) is 0 Å². The number of ether oxygens (including phenoxy) is 1. The van der Waals surface area contributed by atoms with Gasteiger partial charge in [-0.1, -0.05) is 11.8 Å². The summed E-state index contributed by atoms with van der Waals surface area (Å²) < 4.78 is 30.6. The number of carbonyl (C=O) groups is 1. The molecule has 0 radical (unpaired) electrons. The first-order chi connectivity index (χ1) is 12.3. The molecule has 6 nitrogen and oxygen atoms in total. The normalized spacial score (nSPS) is 12.8. The van der Waals surface area contributed by atoms with Crippen molar-refractivity contribution in [3.63, 3.8) is 0 Å². The van der Waals surface area contributed by atoms with E-state index in [0.717, 1.165) is 10.1 Å². The summed E-state index contributed by atoms with van der Waals surface area (Å²) in [5, 5.41) is 0.242. The van der Waals surface area contributed by atoms with Crippen LogP contribution in [-0.2, 0) is 10.0 Å². The molecule has 0 bridgehead atoms. The number of hydrogen-bond acceptors (Lipinski definition) is 6. The molecule has 0 aliphatic heterocycles. The van der Waals surface area contributed by atoms with Gasteiger partial charge in [0.05, 0.1) is 16.9 Å². The molecule has 0 saturated heterocycles. The van der Waals surface area contributed by atoms with Crippen LogP contribution in [0.3, 0.4) is 0 Å². The molecular formula is C18H22N2O4S2. The van der Waals surface area contributed by atoms with E-state index in [1.165, 1.54) is 38.1 Å². The molecule has 1 heterocycles. The van der Waals surface area contributed by atoms with Crippen LogP contribution < -0.4 is 4.74 Å². The zero-order valence-electron chi connectivity index (χ0n) is 15.2. The van der Waals surface area contributed by atoms with Crippen molar-refractivity contribution in [2.75, 3.05) is 20.7 Å². The minimum Gasteiger partial charge on any atom is -0.494 e. The molecule has 2 rings (SSSR count). The van der Waals surface area contributed by atoms with Gasteiger partial charge in [0.15, 0.2) is 5.78 Å². The highest BCUT2D eigenvalue weighted by Gasteiger charge is 2.20. The van der Waals surface area contributed by atoms with Gasteiger partial charge in [-0.15, -0.1) is 0 Å². The number of sulfonamides is 1. The van der Waals surface area contributed by atoms with Gasteiger partial charge in [-0.25, -0.2) is 17.7 Å². The largest absolute Gasteiger partial charge is 0.494 e. The molecule has 0 spiro atoms. The average molecular weight is 395 g/mol. The van der Waals surface area contributed by atoms with Crippen LogP contribution in [0.1, 0.15) is 24.2 Å². The number of Topliss-reactive ketones (excluding diaryl/α,β-unsaturated/α-hetero) is 1. The van der Waals surface area contributed by atoms with Gasteiger partial charge in [0.25, 0.3) is 0 Å². The topological polar surface area (TPSA) is 76.6 Å². The maximum atomic E-state index is 12.5. The molecule has 0 saturated carbocycles. The molecule has 0 N–H and O–H groups in total. The molecule has 1 atom stereocenters. The van der Waals surface area contributed by atoms with Crippen molar-refractivity contribution in [2.45, 2.75) is 29.0 Å². The van der Waals surface area contributed by atoms with Crippen LogP contribution in [0.4, 0.5) is 0 Å². The lowest BCUT2D eigenvalue weighted by Gasteiger charge is -2.13. The SMILES string of the molecule is CCOc1ccc(C(=O)[C@H](C)Sc2ccc(S(=O)(=O)N(C)C)cn2)cc1. The lowest BCUT2D eigenvalue weighted by atomic mass is 10.1. The molecule has 140 valence electrons. The van der Waals surface area contributed by atoms with Crippen molar-refractivity contribution >= 4 is 27.6 Å². The van der Waals surface area contributed by atoms with E-state index < -0.39 is 10.0 Å². The third-order valence-corrected chi connectivity index (χ3v) is 6.45. The Balaban J connectivity index is 2.07. The van der Waals surface area contributed by atoms with Crippen LogP contribution in [0.2, 0.25) is 0 Å². The second kappa shape index (κ2) is 8.66. The highest BCUT2D eigenvalue weighted by atomic mass is 32.2. The summed E-state index contributed by atoms with van der Waals surface area (Å²) in [6, 6.07) is 10.1. The third kappa shape index (κ3) is 4.84. The van der Waals surface area contributed by atoms with Crippen molar-refractivity contribution in [2.24, 2.45) is 0 Å². The fourth-order valence-electron chi connectivity index (χ4n) is 2.15. The summed E-state index contributed by atoms with van der Waals surface area (Å²) in [6.45, 7) is 4.28. The number of thioether (sulfide) groups is 1. The summed E-state index contributed by atoms with van der Waals surface area (Å²) in [7, 11) is -0.572. The first-order valence-corrected chi connectivity index (χ1v) is 10.4. The van der Waals surface area contributed by atoms with Gasteiger partial charge >= 0.3 is 0 Å². The Hall–Kier alpha value is -1.90. The van der Waals surface area contributed by atoms with Crippen LogP contribution in [0.25, 0.3) is 0 Å². The Morgan fingerprint density at radius 3 is 2.35 bits per heavy atom. The predicted molar refractivity (Wildman–Crippen MR) is 102 cm³/mol. The molecule has 1 aromatic carbocycles. The molecule has 0 aliphatic rings. The van der Waals surface area contributed by atoms with Crippen LogP contribution in [0.5, 0.6) is 5.75 Å². The Bertz CT molecular complexity index is 848. The maximum Gasteiger partial charge on any atom is 0.244 e. The third-order valence-electron chi connectivity index (χ3n) is 3.60. The van der Waals surface area contributed by atoms with E-state index in [-0.39, 0.29) is 15.9 Å². The van der Waals surface area contributed by atoms with Gasteiger partial charge in [0, 0.05) is 25.9 Å². The minimum atomic E-state index is -3.51. The van der Waals surface area contributed by atoms with Gasteiger partial charge in [0.2, 0.25) is 10.0 Å². The Morgan fingerprint density at radius 2 is 1.85 bits per heavy atom. The van der Waals surface area contributed by atoms with E-state index in [9.17, 15) is 13.2 Å². The summed E-state index contributed by atoms with van der Waals surface area (Å²) in [4.78, 5) is 16.8. The molecule has 0 unspecified atom stereocenters. The van der Waals surface area contributed by atoms with Gasteiger partial charge in [-0.05, 0) is 50.2 Å². The van der Waals surface area contributed by atoms with Crippen molar-refractivity contribution in [3.05, 3.63) is 48.2 Å². The number of hydrogen-bond donors (Lipinski definition) is 0. The highest BCUT2D eigenvalue weighted by molar-refractivity contribution is 8.00. The Labute approximate surface area is 158 Å². The molecule has 0 fully saturated rings. The van der Waals surface area contributed by atoms with Crippen molar-refractivity contribution in [1.82, 2.24) is 9.29 Å². The van der Waals surface area contributed by atoms with E-state index >= 15 is 0 Å². The number of nitrogens with zero attached hydrogens (tertiary/aromatic N) is 2. The zero-order chi connectivity index (χ0) is 19.3. The Morgan fingerprint density at radius 1 is 1.19 bits per heavy atom. The van der Waals surface area contributed by atoms with Gasteiger partial charge in [-0.2, -0.15) is 0 Å². The summed E-state index contributed by atoms with van der Waals surface area (Å²) in [5.74, 6) is 0.702. The highest BCUT2D eigenvalue weighted by Crippen LogP contribution is 2.25. The predicted octanol–water partition coefficient (Wildman–Crippen LogP) is 3.09. The van der Waals surface area contributed by atoms with Crippen LogP contribution in [0.15, 0.2) is 52.5 Å². The molecule has 8 heteroatoms. The Kier molecular flexibility index (Phi) is 6.80. The summed E-state index contributed by atoms with van der Waals surface area (Å²) in [6.07, 6.45) is 1.31. The van der Waals surface area contributed by atoms with Crippen molar-refractivity contribution in [3.8, 4) is 5.75 Å². The van der Waals surface area contributed by atoms with Crippen molar-refractivity contribution in [1.29, 1.82) is 0 Å². The standard InChI is InChI=1S/C18H22N2O4S2/c1-5-24-15-8-6-14(7-9-15)18(21)13(2)25-17-11-10-16(12-19-17)26(22,23)20(3)4/h6-13H,5H2,1-4H3/t13-/m0/s1. The van der Waals surface area contributed by atoms with E-state index in [1.54, 1.807) is 37.3 Å². The molecule has 0 aliphatic carbocycles. The minimum absolute atomic E-state index is 0.0233. The van der Waals surface area contributed by atoms with Gasteiger partial charge in [-0.3, -0.25) is 4.79 Å². The summed E-state index contributed by atoms with van der Waals surface area (Å²) >= 11 is 1.29. The molecule has 0 amide bonds. The molecule has 1 aromatic heterocycles. The second-order valence-corrected chi connectivity index (χ2v) is 9.21. The molecule has 26 heavy (non-hydrogen) atoms. The van der Waals surface area contributed by atoms with E-state index in [1.807, 2.05) is 6.92 Å². The first kappa shape index (κ1) is 20.4. The number of carbonyl (C=O) groups excluding carboxylic acids is 1. The second-order valence-electron chi connectivity index (χ2n) is 5.70. The molecular weight excluding hydrogens is 372 g/mol. The average Bonchev–Trinajstić information content (AvgIpc) is 2.62. The van der Waals surface area contributed by atoms with E-state index in [0.29, 0.717) is 17.2 Å². The lowest BCUT2D eigenvalue weighted by Crippen LogP contribution is -2.22. The fourth-order valence-corrected chi connectivity index (χ4v) is 3.86. The summed E-state index contributed by atoms with van der Waals surface area (Å²) in [5.41, 5.74) is 0.597. The van der Waals surface area contributed by atoms with Gasteiger partial charge in [0.1, 0.15) is 10.6 Å². The van der Waals surface area contributed by atoms with Crippen LogP contribution in [-0.4, -0.2) is 49.4 Å². The van der Waals surface area contributed by atoms with E-state index in [2.05, 4.69) is 4.98 Å². The number of pyridine rings is 1. The monoisotopic (exact) mass is 394 g/mol. The van der Waals surface area contributed by atoms with Crippen molar-refractivity contribution < 1.29 is 17.9 Å². The lowest BCUT2D eigenvalue weighted by molar-refractivity contribution is 0.0994. The maximum absolute atomic E-state index is 12.5. The fraction of sp³-hybridized carbons (Fsp3) is 0.333. The molecule has 2 aromatic rings.